The van der Waals surface area contributed by atoms with E-state index < -0.39 is 0 Å². The molecule has 0 aliphatic carbocycles. The molecule has 0 aromatic heterocycles. The molecule has 0 unspecified atom stereocenters. The lowest BCUT2D eigenvalue weighted by molar-refractivity contribution is -0.121. The Hall–Kier alpha value is -0.220. The van der Waals surface area contributed by atoms with Gasteiger partial charge in [-0.15, -0.1) is 0 Å². The molecule has 3 N–H and O–H groups in total. The van der Waals surface area contributed by atoms with Crippen molar-refractivity contribution in [2.24, 2.45) is 5.73 Å². The zero-order valence-corrected chi connectivity index (χ0v) is 8.03. The van der Waals surface area contributed by atoms with Gasteiger partial charge < -0.3 is 11.1 Å². The van der Waals surface area contributed by atoms with Crippen LogP contribution in [-0.2, 0) is 4.79 Å². The van der Waals surface area contributed by atoms with E-state index in [0.29, 0.717) is 19.0 Å². The fourth-order valence-corrected chi connectivity index (χ4v) is 2.38. The van der Waals surface area contributed by atoms with E-state index in [9.17, 15) is 4.79 Å². The maximum absolute atomic E-state index is 11.1. The minimum Gasteiger partial charge on any atom is -0.353 e. The van der Waals surface area contributed by atoms with E-state index in [1.165, 1.54) is 11.5 Å². The number of thioether (sulfide) groups is 1. The van der Waals surface area contributed by atoms with Crippen molar-refractivity contribution in [2.45, 2.75) is 25.3 Å². The molecule has 0 spiro atoms. The molecule has 0 saturated carbocycles. The van der Waals surface area contributed by atoms with Gasteiger partial charge in [0.1, 0.15) is 0 Å². The van der Waals surface area contributed by atoms with Gasteiger partial charge in [-0.25, -0.2) is 0 Å². The van der Waals surface area contributed by atoms with E-state index >= 15 is 0 Å². The molecule has 12 heavy (non-hydrogen) atoms. The molecule has 0 bridgehead atoms. The van der Waals surface area contributed by atoms with Crippen LogP contribution in [-0.4, -0.2) is 30.0 Å². The van der Waals surface area contributed by atoms with Crippen molar-refractivity contribution in [1.29, 1.82) is 0 Å². The first-order chi connectivity index (χ1) is 5.83. The molecule has 1 amide bonds. The number of hydrogen-bond acceptors (Lipinski definition) is 3. The lowest BCUT2D eigenvalue weighted by Gasteiger charge is -2.22. The van der Waals surface area contributed by atoms with Gasteiger partial charge in [0.05, 0.1) is 0 Å². The molecule has 0 aromatic carbocycles. The van der Waals surface area contributed by atoms with Gasteiger partial charge in [-0.2, -0.15) is 11.8 Å². The highest BCUT2D eigenvalue weighted by Crippen LogP contribution is 2.16. The zero-order chi connectivity index (χ0) is 8.81. The monoisotopic (exact) mass is 188 g/mol. The summed E-state index contributed by atoms with van der Waals surface area (Å²) < 4.78 is 0. The predicted octanol–water partition coefficient (Wildman–Crippen LogP) is 0.347. The van der Waals surface area contributed by atoms with E-state index in [2.05, 4.69) is 5.32 Å². The van der Waals surface area contributed by atoms with Crippen molar-refractivity contribution in [1.82, 2.24) is 5.32 Å². The molecule has 0 radical (unpaired) electrons. The third-order valence-electron chi connectivity index (χ3n) is 1.96. The van der Waals surface area contributed by atoms with Gasteiger partial charge in [-0.1, -0.05) is 0 Å². The summed E-state index contributed by atoms with van der Waals surface area (Å²) in [5.74, 6) is 2.45. The number of nitrogens with one attached hydrogen (secondary N) is 1. The van der Waals surface area contributed by atoms with Gasteiger partial charge in [0.2, 0.25) is 5.91 Å². The maximum atomic E-state index is 11.1. The highest BCUT2D eigenvalue weighted by Gasteiger charge is 2.14. The third kappa shape index (κ3) is 3.45. The molecule has 1 fully saturated rings. The second kappa shape index (κ2) is 5.43. The lowest BCUT2D eigenvalue weighted by atomic mass is 10.1. The number of amides is 1. The average molecular weight is 188 g/mol. The van der Waals surface area contributed by atoms with Crippen LogP contribution in [0, 0.1) is 0 Å². The second-order valence-electron chi connectivity index (χ2n) is 2.99. The first kappa shape index (κ1) is 9.86. The van der Waals surface area contributed by atoms with Crippen molar-refractivity contribution >= 4 is 17.7 Å². The van der Waals surface area contributed by atoms with Crippen LogP contribution in [0.5, 0.6) is 0 Å². The van der Waals surface area contributed by atoms with Crippen LogP contribution in [0.1, 0.15) is 19.3 Å². The predicted molar refractivity (Wildman–Crippen MR) is 52.2 cm³/mol. The molecule has 0 aromatic rings. The molecular weight excluding hydrogens is 172 g/mol. The summed E-state index contributed by atoms with van der Waals surface area (Å²) in [5.41, 5.74) is 5.27. The van der Waals surface area contributed by atoms with Crippen LogP contribution in [0.3, 0.4) is 0 Å². The summed E-state index contributed by atoms with van der Waals surface area (Å²) in [7, 11) is 0. The van der Waals surface area contributed by atoms with E-state index in [0.717, 1.165) is 12.8 Å². The van der Waals surface area contributed by atoms with Crippen molar-refractivity contribution in [2.75, 3.05) is 18.1 Å². The Kier molecular flexibility index (Phi) is 4.46. The highest BCUT2D eigenvalue weighted by molar-refractivity contribution is 7.99. The van der Waals surface area contributed by atoms with E-state index in [1.807, 2.05) is 11.8 Å². The Morgan fingerprint density at radius 2 is 2.17 bits per heavy atom. The largest absolute Gasteiger partial charge is 0.353 e. The Balaban J connectivity index is 2.15. The highest BCUT2D eigenvalue weighted by atomic mass is 32.2. The zero-order valence-electron chi connectivity index (χ0n) is 7.21. The van der Waals surface area contributed by atoms with E-state index in [-0.39, 0.29) is 5.91 Å². The van der Waals surface area contributed by atoms with Crippen molar-refractivity contribution in [3.8, 4) is 0 Å². The molecule has 4 heteroatoms. The van der Waals surface area contributed by atoms with Crippen molar-refractivity contribution < 1.29 is 4.79 Å². The normalized spacial score (nSPS) is 19.1. The number of rotatable bonds is 3. The first-order valence-electron chi connectivity index (χ1n) is 4.40. The van der Waals surface area contributed by atoms with Gasteiger partial charge >= 0.3 is 0 Å². The van der Waals surface area contributed by atoms with Crippen LogP contribution in [0.15, 0.2) is 0 Å². The van der Waals surface area contributed by atoms with Gasteiger partial charge in [-0.05, 0) is 24.3 Å². The Morgan fingerprint density at radius 3 is 2.75 bits per heavy atom. The summed E-state index contributed by atoms with van der Waals surface area (Å²) in [6.45, 7) is 0.452. The van der Waals surface area contributed by atoms with Crippen molar-refractivity contribution in [3.63, 3.8) is 0 Å². The minimum absolute atomic E-state index is 0.106. The molecule has 3 nitrogen and oxygen atoms in total. The molecular formula is C8H16N2OS. The van der Waals surface area contributed by atoms with Crippen LogP contribution in [0.2, 0.25) is 0 Å². The smallest absolute Gasteiger partial charge is 0.221 e. The molecule has 1 rings (SSSR count). The lowest BCUT2D eigenvalue weighted by Crippen LogP contribution is -2.38. The fourth-order valence-electron chi connectivity index (χ4n) is 1.27. The quantitative estimate of drug-likeness (QED) is 0.672. The van der Waals surface area contributed by atoms with Gasteiger partial charge in [0, 0.05) is 19.0 Å². The van der Waals surface area contributed by atoms with Gasteiger partial charge in [-0.3, -0.25) is 4.79 Å². The molecule has 1 heterocycles. The van der Waals surface area contributed by atoms with Crippen LogP contribution >= 0.6 is 11.8 Å². The second-order valence-corrected chi connectivity index (χ2v) is 4.22. The SMILES string of the molecule is NCCC(=O)NC1CCSCC1. The van der Waals surface area contributed by atoms with Crippen LogP contribution in [0.25, 0.3) is 0 Å². The number of carbonyl (C=O) groups excluding carboxylic acids is 1. The maximum Gasteiger partial charge on any atom is 0.221 e. The number of hydrogen-bond donors (Lipinski definition) is 2. The average Bonchev–Trinajstić information content (AvgIpc) is 2.06. The van der Waals surface area contributed by atoms with Crippen LogP contribution in [0.4, 0.5) is 0 Å². The Bertz CT molecular complexity index is 146. The summed E-state index contributed by atoms with van der Waals surface area (Å²) in [4.78, 5) is 11.1. The molecule has 1 saturated heterocycles. The minimum atomic E-state index is 0.106. The Labute approximate surface area is 77.5 Å². The molecule has 1 aliphatic rings. The standard InChI is InChI=1S/C8H16N2OS/c9-4-1-8(11)10-7-2-5-12-6-3-7/h7H,1-6,9H2,(H,10,11). The summed E-state index contributed by atoms with van der Waals surface area (Å²) in [6, 6.07) is 0.408. The van der Waals surface area contributed by atoms with E-state index in [1.54, 1.807) is 0 Å². The molecule has 0 atom stereocenters. The topological polar surface area (TPSA) is 55.1 Å². The molecule has 1 aliphatic heterocycles. The summed E-state index contributed by atoms with van der Waals surface area (Å²) in [5, 5.41) is 2.99. The van der Waals surface area contributed by atoms with Crippen molar-refractivity contribution in [3.05, 3.63) is 0 Å². The Morgan fingerprint density at radius 1 is 1.50 bits per heavy atom. The number of carbonyl (C=O) groups is 1. The summed E-state index contributed by atoms with van der Waals surface area (Å²) in [6.07, 6.45) is 2.69. The molecule has 70 valence electrons. The summed E-state index contributed by atoms with van der Waals surface area (Å²) >= 11 is 1.96. The van der Waals surface area contributed by atoms with Gasteiger partial charge in [0.25, 0.3) is 0 Å². The number of nitrogens with two attached hydrogens (primary N) is 1. The third-order valence-corrected chi connectivity index (χ3v) is 3.01. The first-order valence-corrected chi connectivity index (χ1v) is 5.55. The van der Waals surface area contributed by atoms with Gasteiger partial charge in [0.15, 0.2) is 0 Å². The van der Waals surface area contributed by atoms with Crippen LogP contribution < -0.4 is 11.1 Å². The fraction of sp³-hybridized carbons (Fsp3) is 0.875. The van der Waals surface area contributed by atoms with E-state index in [4.69, 9.17) is 5.73 Å².